The van der Waals surface area contributed by atoms with E-state index in [1.165, 1.54) is 0 Å². The van der Waals surface area contributed by atoms with Crippen LogP contribution < -0.4 is 16.0 Å². The van der Waals surface area contributed by atoms with Gasteiger partial charge < -0.3 is 20.7 Å². The molecule has 0 aliphatic heterocycles. The molecule has 0 aliphatic rings. The standard InChI is InChI=1S/C15H32N4O2.HI/c1-5-8-17-14(20)11-19-15(16-6-2)18-9-7-10-21-12-13(3)4;/h13H,5-12H2,1-4H3,(H,17,20)(H2,16,18,19);1H. The van der Waals surface area contributed by atoms with Gasteiger partial charge in [0.25, 0.3) is 0 Å². The second-order valence-electron chi connectivity index (χ2n) is 5.29. The minimum atomic E-state index is -0.0469. The molecule has 0 bridgehead atoms. The molecule has 0 rings (SSSR count). The van der Waals surface area contributed by atoms with Gasteiger partial charge in [-0.1, -0.05) is 20.8 Å². The highest BCUT2D eigenvalue weighted by molar-refractivity contribution is 14.0. The number of carbonyl (C=O) groups is 1. The van der Waals surface area contributed by atoms with Gasteiger partial charge in [-0.05, 0) is 25.7 Å². The van der Waals surface area contributed by atoms with Gasteiger partial charge in [0, 0.05) is 32.8 Å². The fraction of sp³-hybridized carbons (Fsp3) is 0.867. The van der Waals surface area contributed by atoms with Crippen LogP contribution in [0.5, 0.6) is 0 Å². The third-order valence-corrected chi connectivity index (χ3v) is 2.51. The molecule has 0 aromatic heterocycles. The van der Waals surface area contributed by atoms with E-state index in [2.05, 4.69) is 34.8 Å². The Morgan fingerprint density at radius 3 is 2.45 bits per heavy atom. The molecule has 22 heavy (non-hydrogen) atoms. The van der Waals surface area contributed by atoms with E-state index in [1.807, 2.05) is 13.8 Å². The zero-order valence-corrected chi connectivity index (χ0v) is 16.7. The predicted octanol–water partition coefficient (Wildman–Crippen LogP) is 1.75. The summed E-state index contributed by atoms with van der Waals surface area (Å²) in [5.41, 5.74) is 0. The summed E-state index contributed by atoms with van der Waals surface area (Å²) in [5, 5.41) is 9.12. The first kappa shape index (κ1) is 23.7. The monoisotopic (exact) mass is 428 g/mol. The molecular formula is C15H33IN4O2. The normalized spacial score (nSPS) is 11.0. The summed E-state index contributed by atoms with van der Waals surface area (Å²) in [5.74, 6) is 1.20. The van der Waals surface area contributed by atoms with Crippen LogP contribution in [0, 0.1) is 5.92 Å². The van der Waals surface area contributed by atoms with Crippen molar-refractivity contribution in [1.82, 2.24) is 16.0 Å². The number of guanidine groups is 1. The number of ether oxygens (including phenoxy) is 1. The first-order chi connectivity index (χ1) is 10.1. The van der Waals surface area contributed by atoms with E-state index in [4.69, 9.17) is 4.74 Å². The van der Waals surface area contributed by atoms with Gasteiger partial charge >= 0.3 is 0 Å². The molecular weight excluding hydrogens is 395 g/mol. The minimum Gasteiger partial charge on any atom is -0.381 e. The Kier molecular flexibility index (Phi) is 18.1. The number of rotatable bonds is 11. The quantitative estimate of drug-likeness (QED) is 0.203. The zero-order valence-electron chi connectivity index (χ0n) is 14.4. The van der Waals surface area contributed by atoms with Crippen LogP contribution >= 0.6 is 24.0 Å². The smallest absolute Gasteiger partial charge is 0.241 e. The van der Waals surface area contributed by atoms with E-state index < -0.39 is 0 Å². The number of amides is 1. The van der Waals surface area contributed by atoms with Gasteiger partial charge in [-0.15, -0.1) is 24.0 Å². The Morgan fingerprint density at radius 1 is 1.14 bits per heavy atom. The molecule has 6 nitrogen and oxygen atoms in total. The van der Waals surface area contributed by atoms with Crippen LogP contribution in [0.25, 0.3) is 0 Å². The lowest BCUT2D eigenvalue weighted by atomic mass is 10.2. The van der Waals surface area contributed by atoms with Crippen molar-refractivity contribution in [3.05, 3.63) is 0 Å². The van der Waals surface area contributed by atoms with Crippen LogP contribution in [0.1, 0.15) is 40.5 Å². The van der Waals surface area contributed by atoms with Gasteiger partial charge in [0.05, 0.1) is 0 Å². The van der Waals surface area contributed by atoms with Crippen molar-refractivity contribution in [1.29, 1.82) is 0 Å². The van der Waals surface area contributed by atoms with E-state index >= 15 is 0 Å². The molecule has 7 heteroatoms. The first-order valence-electron chi connectivity index (χ1n) is 7.96. The molecule has 0 aromatic rings. The lowest BCUT2D eigenvalue weighted by Gasteiger charge is -2.12. The van der Waals surface area contributed by atoms with E-state index in [1.54, 1.807) is 0 Å². The number of nitrogens with zero attached hydrogens (tertiary/aromatic N) is 1. The average Bonchev–Trinajstić information content (AvgIpc) is 2.45. The summed E-state index contributed by atoms with van der Waals surface area (Å²) in [4.78, 5) is 15.7. The maximum absolute atomic E-state index is 11.5. The summed E-state index contributed by atoms with van der Waals surface area (Å²) >= 11 is 0. The van der Waals surface area contributed by atoms with Crippen molar-refractivity contribution in [2.24, 2.45) is 10.9 Å². The number of aliphatic imine (C=N–C) groups is 1. The molecule has 0 spiro atoms. The van der Waals surface area contributed by atoms with Crippen molar-refractivity contribution in [2.45, 2.75) is 40.5 Å². The van der Waals surface area contributed by atoms with Crippen LogP contribution in [0.15, 0.2) is 4.99 Å². The molecule has 0 atom stereocenters. The molecule has 0 saturated heterocycles. The first-order valence-corrected chi connectivity index (χ1v) is 7.96. The van der Waals surface area contributed by atoms with Crippen LogP contribution in [0.4, 0.5) is 0 Å². The van der Waals surface area contributed by atoms with Gasteiger partial charge in [-0.2, -0.15) is 0 Å². The predicted molar refractivity (Wildman–Crippen MR) is 103 cm³/mol. The highest BCUT2D eigenvalue weighted by Gasteiger charge is 2.01. The molecule has 3 N–H and O–H groups in total. The Labute approximate surface area is 152 Å². The van der Waals surface area contributed by atoms with E-state index in [9.17, 15) is 4.79 Å². The molecule has 0 saturated carbocycles. The lowest BCUT2D eigenvalue weighted by Crippen LogP contribution is -2.39. The topological polar surface area (TPSA) is 74.8 Å². The second kappa shape index (κ2) is 16.8. The average molecular weight is 428 g/mol. The fourth-order valence-electron chi connectivity index (χ4n) is 1.51. The summed E-state index contributed by atoms with van der Waals surface area (Å²) in [6.45, 7) is 12.2. The van der Waals surface area contributed by atoms with E-state index in [0.29, 0.717) is 18.4 Å². The molecule has 0 fully saturated rings. The Hall–Kier alpha value is -0.570. The van der Waals surface area contributed by atoms with Crippen molar-refractivity contribution in [3.63, 3.8) is 0 Å². The lowest BCUT2D eigenvalue weighted by molar-refractivity contribution is -0.119. The Bertz CT molecular complexity index is 299. The highest BCUT2D eigenvalue weighted by Crippen LogP contribution is 1.92. The van der Waals surface area contributed by atoms with Crippen LogP contribution in [-0.2, 0) is 9.53 Å². The van der Waals surface area contributed by atoms with Gasteiger partial charge in [-0.25, -0.2) is 4.99 Å². The van der Waals surface area contributed by atoms with Gasteiger partial charge in [0.2, 0.25) is 5.91 Å². The molecule has 0 unspecified atom stereocenters. The third kappa shape index (κ3) is 15.8. The molecule has 0 heterocycles. The van der Waals surface area contributed by atoms with Crippen LogP contribution in [0.2, 0.25) is 0 Å². The largest absolute Gasteiger partial charge is 0.381 e. The van der Waals surface area contributed by atoms with E-state index in [-0.39, 0.29) is 36.4 Å². The maximum atomic E-state index is 11.5. The zero-order chi connectivity index (χ0) is 15.9. The molecule has 0 radical (unpaired) electrons. The second-order valence-corrected chi connectivity index (χ2v) is 5.29. The number of halogens is 1. The summed E-state index contributed by atoms with van der Waals surface area (Å²) in [6, 6.07) is 0. The van der Waals surface area contributed by atoms with Crippen molar-refractivity contribution >= 4 is 35.8 Å². The van der Waals surface area contributed by atoms with Crippen molar-refractivity contribution < 1.29 is 9.53 Å². The number of hydrogen-bond acceptors (Lipinski definition) is 3. The number of nitrogens with one attached hydrogen (secondary N) is 3. The van der Waals surface area contributed by atoms with Gasteiger partial charge in [0.15, 0.2) is 5.96 Å². The van der Waals surface area contributed by atoms with Crippen LogP contribution in [0.3, 0.4) is 0 Å². The maximum Gasteiger partial charge on any atom is 0.241 e. The van der Waals surface area contributed by atoms with E-state index in [0.717, 1.165) is 39.1 Å². The third-order valence-electron chi connectivity index (χ3n) is 2.51. The van der Waals surface area contributed by atoms with Crippen LogP contribution in [-0.4, -0.2) is 51.3 Å². The fourth-order valence-corrected chi connectivity index (χ4v) is 1.51. The SMILES string of the molecule is CCCNC(=O)CN=C(NCC)NCCCOCC(C)C.I. The van der Waals surface area contributed by atoms with Gasteiger partial charge in [0.1, 0.15) is 6.54 Å². The molecule has 132 valence electrons. The van der Waals surface area contributed by atoms with Gasteiger partial charge in [-0.3, -0.25) is 4.79 Å². The molecule has 1 amide bonds. The number of hydrogen-bond donors (Lipinski definition) is 3. The highest BCUT2D eigenvalue weighted by atomic mass is 127. The Balaban J connectivity index is 0. The molecule has 0 aromatic carbocycles. The molecule has 0 aliphatic carbocycles. The van der Waals surface area contributed by atoms with Crippen molar-refractivity contribution in [2.75, 3.05) is 39.4 Å². The summed E-state index contributed by atoms with van der Waals surface area (Å²) in [6.07, 6.45) is 1.85. The summed E-state index contributed by atoms with van der Waals surface area (Å²) < 4.78 is 5.51. The Morgan fingerprint density at radius 2 is 1.86 bits per heavy atom. The minimum absolute atomic E-state index is 0. The number of carbonyl (C=O) groups excluding carboxylic acids is 1. The van der Waals surface area contributed by atoms with Crippen molar-refractivity contribution in [3.8, 4) is 0 Å². The summed E-state index contributed by atoms with van der Waals surface area (Å²) in [7, 11) is 0.